The van der Waals surface area contributed by atoms with Gasteiger partial charge in [-0.05, 0) is 49.2 Å². The highest BCUT2D eigenvalue weighted by Crippen LogP contribution is 2.39. The van der Waals surface area contributed by atoms with Crippen molar-refractivity contribution in [1.29, 1.82) is 5.41 Å². The third-order valence-electron chi connectivity index (χ3n) is 5.22. The van der Waals surface area contributed by atoms with Crippen LogP contribution in [0.3, 0.4) is 0 Å². The molecule has 0 aliphatic carbocycles. The van der Waals surface area contributed by atoms with Gasteiger partial charge in [-0.3, -0.25) is 19.8 Å². The van der Waals surface area contributed by atoms with Crippen molar-refractivity contribution in [2.24, 2.45) is 17.4 Å². The number of nitrogens with two attached hydrogens (primary N) is 2. The Morgan fingerprint density at radius 3 is 2.57 bits per heavy atom. The number of rotatable bonds is 6. The fraction of sp³-hybridized carbons (Fsp3) is 0.333. The van der Waals surface area contributed by atoms with Gasteiger partial charge in [0.1, 0.15) is 11.6 Å². The van der Waals surface area contributed by atoms with Crippen LogP contribution >= 0.6 is 0 Å². The monoisotopic (exact) mass is 412 g/mol. The van der Waals surface area contributed by atoms with Crippen molar-refractivity contribution in [1.82, 2.24) is 0 Å². The number of piperidine rings is 1. The van der Waals surface area contributed by atoms with E-state index in [0.717, 1.165) is 6.92 Å². The molecule has 1 aromatic heterocycles. The summed E-state index contributed by atoms with van der Waals surface area (Å²) in [5.41, 5.74) is 11.8. The molecule has 5 N–H and O–H groups in total. The first-order valence-corrected chi connectivity index (χ1v) is 9.52. The summed E-state index contributed by atoms with van der Waals surface area (Å²) < 4.78 is 10.1. The van der Waals surface area contributed by atoms with Gasteiger partial charge in [0.15, 0.2) is 0 Å². The Kier molecular flexibility index (Phi) is 6.02. The zero-order valence-corrected chi connectivity index (χ0v) is 16.6. The first kappa shape index (κ1) is 21.3. The number of ether oxygens (including phenoxy) is 1. The highest BCUT2D eigenvalue weighted by molar-refractivity contribution is 5.99. The quantitative estimate of drug-likeness (QED) is 0.282. The first-order chi connectivity index (χ1) is 14.2. The van der Waals surface area contributed by atoms with Gasteiger partial charge in [-0.2, -0.15) is 0 Å². The number of anilines is 1. The molecule has 0 spiro atoms. The number of esters is 2. The number of benzene rings is 1. The molecule has 158 valence electrons. The van der Waals surface area contributed by atoms with Gasteiger partial charge in [0.2, 0.25) is 5.91 Å². The average Bonchev–Trinajstić information content (AvgIpc) is 3.23. The van der Waals surface area contributed by atoms with E-state index in [0.29, 0.717) is 30.6 Å². The van der Waals surface area contributed by atoms with Crippen LogP contribution in [0.2, 0.25) is 0 Å². The van der Waals surface area contributed by atoms with E-state index < -0.39 is 23.4 Å². The van der Waals surface area contributed by atoms with Crippen molar-refractivity contribution < 1.29 is 23.5 Å². The molecule has 1 aliphatic heterocycles. The first-order valence-electron chi connectivity index (χ1n) is 9.52. The van der Waals surface area contributed by atoms with Gasteiger partial charge in [0.05, 0.1) is 24.1 Å². The van der Waals surface area contributed by atoms with E-state index >= 15 is 0 Å². The summed E-state index contributed by atoms with van der Waals surface area (Å²) in [7, 11) is 0. The Hall–Kier alpha value is -3.46. The SMILES string of the molecule is CC(=O)OC(=O)CC(N)(c1ccco1)C1CCCN(c2ccc(C(=N)N)cc2)C1=O. The lowest BCUT2D eigenvalue weighted by atomic mass is 9.75. The van der Waals surface area contributed by atoms with Crippen LogP contribution in [-0.2, 0) is 24.7 Å². The minimum atomic E-state index is -1.47. The molecule has 0 bridgehead atoms. The molecule has 30 heavy (non-hydrogen) atoms. The average molecular weight is 412 g/mol. The maximum Gasteiger partial charge on any atom is 0.315 e. The molecular weight excluding hydrogens is 388 g/mol. The molecule has 2 atom stereocenters. The lowest BCUT2D eigenvalue weighted by Gasteiger charge is -2.40. The molecule has 1 fully saturated rings. The Balaban J connectivity index is 1.91. The van der Waals surface area contributed by atoms with Crippen molar-refractivity contribution in [3.63, 3.8) is 0 Å². The topological polar surface area (TPSA) is 153 Å². The van der Waals surface area contributed by atoms with Crippen molar-refractivity contribution in [2.75, 3.05) is 11.4 Å². The number of nitrogen functional groups attached to an aromatic ring is 1. The van der Waals surface area contributed by atoms with E-state index in [9.17, 15) is 14.4 Å². The van der Waals surface area contributed by atoms with E-state index in [1.807, 2.05) is 0 Å². The molecule has 0 saturated carbocycles. The predicted molar refractivity (Wildman–Crippen MR) is 108 cm³/mol. The molecule has 1 aliphatic rings. The normalized spacial score (nSPS) is 18.5. The summed E-state index contributed by atoms with van der Waals surface area (Å²) in [5.74, 6) is -2.38. The number of amides is 1. The minimum absolute atomic E-state index is 0.0628. The summed E-state index contributed by atoms with van der Waals surface area (Å²) in [6.07, 6.45) is 2.14. The van der Waals surface area contributed by atoms with Gasteiger partial charge in [0.25, 0.3) is 0 Å². The van der Waals surface area contributed by atoms with Crippen LogP contribution in [0, 0.1) is 11.3 Å². The third-order valence-corrected chi connectivity index (χ3v) is 5.22. The van der Waals surface area contributed by atoms with Crippen LogP contribution in [0.4, 0.5) is 5.69 Å². The van der Waals surface area contributed by atoms with Gasteiger partial charge in [-0.1, -0.05) is 0 Å². The molecule has 9 nitrogen and oxygen atoms in total. The van der Waals surface area contributed by atoms with E-state index in [4.69, 9.17) is 21.3 Å². The fourth-order valence-corrected chi connectivity index (χ4v) is 3.79. The zero-order chi connectivity index (χ0) is 21.9. The lowest BCUT2D eigenvalue weighted by Crippen LogP contribution is -2.55. The second kappa shape index (κ2) is 8.50. The van der Waals surface area contributed by atoms with Crippen LogP contribution in [0.1, 0.15) is 37.5 Å². The number of hydrogen-bond donors (Lipinski definition) is 3. The van der Waals surface area contributed by atoms with Crippen molar-refractivity contribution in [3.05, 3.63) is 54.0 Å². The van der Waals surface area contributed by atoms with Gasteiger partial charge in [-0.15, -0.1) is 0 Å². The van der Waals surface area contributed by atoms with Gasteiger partial charge >= 0.3 is 11.9 Å². The number of furan rings is 1. The molecule has 0 radical (unpaired) electrons. The van der Waals surface area contributed by atoms with Crippen molar-refractivity contribution in [3.8, 4) is 0 Å². The summed E-state index contributed by atoms with van der Waals surface area (Å²) >= 11 is 0. The Bertz CT molecular complexity index is 954. The molecule has 9 heteroatoms. The highest BCUT2D eigenvalue weighted by Gasteiger charge is 2.48. The van der Waals surface area contributed by atoms with Crippen LogP contribution < -0.4 is 16.4 Å². The molecule has 2 heterocycles. The molecule has 2 unspecified atom stereocenters. The number of amidine groups is 1. The van der Waals surface area contributed by atoms with E-state index in [1.165, 1.54) is 6.26 Å². The van der Waals surface area contributed by atoms with Crippen molar-refractivity contribution in [2.45, 2.75) is 31.7 Å². The van der Waals surface area contributed by atoms with Crippen LogP contribution in [0.25, 0.3) is 0 Å². The van der Waals surface area contributed by atoms with E-state index in [1.54, 1.807) is 41.3 Å². The second-order valence-corrected chi connectivity index (χ2v) is 7.31. The minimum Gasteiger partial charge on any atom is -0.467 e. The standard InChI is InChI=1S/C21H24N4O5/c1-13(26)30-18(27)12-21(24,17-5-3-11-29-17)16-4-2-10-25(20(16)28)15-8-6-14(7-9-15)19(22)23/h3,5-9,11,16H,2,4,10,12,24H2,1H3,(H3,22,23). The van der Waals surface area contributed by atoms with E-state index in [-0.39, 0.29) is 23.9 Å². The second-order valence-electron chi connectivity index (χ2n) is 7.31. The molecular formula is C21H24N4O5. The molecule has 1 amide bonds. The maximum absolute atomic E-state index is 13.4. The van der Waals surface area contributed by atoms with Gasteiger partial charge < -0.3 is 25.5 Å². The van der Waals surface area contributed by atoms with Crippen LogP contribution in [0.5, 0.6) is 0 Å². The molecule has 1 aromatic carbocycles. The number of nitrogens with one attached hydrogen (secondary N) is 1. The third kappa shape index (κ3) is 4.25. The van der Waals surface area contributed by atoms with Crippen LogP contribution in [0.15, 0.2) is 47.1 Å². The Morgan fingerprint density at radius 1 is 1.30 bits per heavy atom. The summed E-state index contributed by atoms with van der Waals surface area (Å²) in [6, 6.07) is 9.99. The van der Waals surface area contributed by atoms with Crippen LogP contribution in [-0.4, -0.2) is 30.2 Å². The summed E-state index contributed by atoms with van der Waals surface area (Å²) in [5, 5.41) is 7.50. The smallest absolute Gasteiger partial charge is 0.315 e. The Labute approximate surface area is 173 Å². The lowest BCUT2D eigenvalue weighted by molar-refractivity contribution is -0.159. The molecule has 1 saturated heterocycles. The predicted octanol–water partition coefficient (Wildman–Crippen LogP) is 1.64. The highest BCUT2D eigenvalue weighted by atomic mass is 16.6. The van der Waals surface area contributed by atoms with E-state index in [2.05, 4.69) is 4.74 Å². The summed E-state index contributed by atoms with van der Waals surface area (Å²) in [4.78, 5) is 38.4. The number of hydrogen-bond acceptors (Lipinski definition) is 7. The Morgan fingerprint density at radius 2 is 2.00 bits per heavy atom. The van der Waals surface area contributed by atoms with Gasteiger partial charge in [-0.25, -0.2) is 0 Å². The summed E-state index contributed by atoms with van der Waals surface area (Å²) in [6.45, 7) is 1.61. The molecule has 2 aromatic rings. The largest absolute Gasteiger partial charge is 0.467 e. The number of carbonyl (C=O) groups excluding carboxylic acids is 3. The van der Waals surface area contributed by atoms with Gasteiger partial charge in [0, 0.05) is 24.7 Å². The van der Waals surface area contributed by atoms with Crippen molar-refractivity contribution >= 4 is 29.4 Å². The molecule has 3 rings (SSSR count). The number of nitrogens with zero attached hydrogens (tertiary/aromatic N) is 1. The number of carbonyl (C=O) groups is 3. The maximum atomic E-state index is 13.4. The fourth-order valence-electron chi connectivity index (χ4n) is 3.79. The zero-order valence-electron chi connectivity index (χ0n) is 16.6.